The van der Waals surface area contributed by atoms with Gasteiger partial charge in [0.1, 0.15) is 18.5 Å². The van der Waals surface area contributed by atoms with Crippen molar-refractivity contribution in [2.75, 3.05) is 6.61 Å². The zero-order chi connectivity index (χ0) is 24.1. The van der Waals surface area contributed by atoms with Gasteiger partial charge in [0.15, 0.2) is 0 Å². The number of aliphatic hydroxyl groups excluding tert-OH is 1. The maximum absolute atomic E-state index is 12.1. The molecule has 2 N–H and O–H groups in total. The molecule has 0 bridgehead atoms. The van der Waals surface area contributed by atoms with Gasteiger partial charge in [-0.25, -0.2) is 4.79 Å². The minimum Gasteiger partial charge on any atom is -0.491 e. The molecule has 2 unspecified atom stereocenters. The Hall–Kier alpha value is -3.35. The molecule has 0 aliphatic carbocycles. The molecular formula is C28H33N3O3. The summed E-state index contributed by atoms with van der Waals surface area (Å²) < 4.78 is 9.02. The number of aliphatic hydroxyl groups is 1. The molecule has 6 nitrogen and oxygen atoms in total. The van der Waals surface area contributed by atoms with Gasteiger partial charge in [-0.15, -0.1) is 0 Å². The molecule has 34 heavy (non-hydrogen) atoms. The fourth-order valence-corrected chi connectivity index (χ4v) is 4.31. The SMILES string of the molecule is CCCC(NCc1ccc(OCC(O)c2ccc3c(c2)n(C)c(=O)n3C)cc1)c1ccccc1. The summed E-state index contributed by atoms with van der Waals surface area (Å²) in [6.07, 6.45) is 1.42. The monoisotopic (exact) mass is 459 g/mol. The summed E-state index contributed by atoms with van der Waals surface area (Å²) in [4.78, 5) is 12.1. The Morgan fingerprint density at radius 1 is 0.912 bits per heavy atom. The number of benzene rings is 3. The molecule has 6 heteroatoms. The maximum atomic E-state index is 12.1. The van der Waals surface area contributed by atoms with Crippen LogP contribution in [0, 0.1) is 0 Å². The van der Waals surface area contributed by atoms with E-state index in [9.17, 15) is 9.90 Å². The first-order valence-electron chi connectivity index (χ1n) is 11.8. The van der Waals surface area contributed by atoms with Crippen molar-refractivity contribution in [1.29, 1.82) is 0 Å². The van der Waals surface area contributed by atoms with E-state index < -0.39 is 6.10 Å². The van der Waals surface area contributed by atoms with Crippen LogP contribution in [0.25, 0.3) is 11.0 Å². The van der Waals surface area contributed by atoms with Gasteiger partial charge < -0.3 is 15.2 Å². The molecule has 2 atom stereocenters. The Balaban J connectivity index is 1.34. The van der Waals surface area contributed by atoms with Crippen molar-refractivity contribution in [2.24, 2.45) is 14.1 Å². The Kier molecular flexibility index (Phi) is 7.50. The minimum atomic E-state index is -0.790. The van der Waals surface area contributed by atoms with Gasteiger partial charge in [-0.05, 0) is 47.4 Å². The van der Waals surface area contributed by atoms with Gasteiger partial charge in [0.25, 0.3) is 0 Å². The van der Waals surface area contributed by atoms with Crippen LogP contribution in [0.3, 0.4) is 0 Å². The molecular weight excluding hydrogens is 426 g/mol. The highest BCUT2D eigenvalue weighted by Crippen LogP contribution is 2.22. The van der Waals surface area contributed by atoms with Crippen molar-refractivity contribution in [3.05, 3.63) is 100.0 Å². The number of hydrogen-bond donors (Lipinski definition) is 2. The quantitative estimate of drug-likeness (QED) is 0.363. The van der Waals surface area contributed by atoms with E-state index in [0.29, 0.717) is 11.8 Å². The lowest BCUT2D eigenvalue weighted by molar-refractivity contribution is 0.108. The van der Waals surface area contributed by atoms with Crippen molar-refractivity contribution in [2.45, 2.75) is 38.5 Å². The van der Waals surface area contributed by atoms with E-state index in [4.69, 9.17) is 4.74 Å². The number of aromatic nitrogens is 2. The Morgan fingerprint density at radius 2 is 1.62 bits per heavy atom. The summed E-state index contributed by atoms with van der Waals surface area (Å²) in [5.41, 5.74) is 4.75. The minimum absolute atomic E-state index is 0.0859. The van der Waals surface area contributed by atoms with E-state index in [-0.39, 0.29) is 12.3 Å². The van der Waals surface area contributed by atoms with Crippen molar-refractivity contribution in [3.8, 4) is 5.75 Å². The number of fused-ring (bicyclic) bond motifs is 1. The van der Waals surface area contributed by atoms with Gasteiger partial charge in [-0.1, -0.05) is 61.9 Å². The number of aryl methyl sites for hydroxylation is 2. The van der Waals surface area contributed by atoms with E-state index in [1.165, 1.54) is 11.1 Å². The van der Waals surface area contributed by atoms with Crippen molar-refractivity contribution >= 4 is 11.0 Å². The number of nitrogens with one attached hydrogen (secondary N) is 1. The second-order valence-electron chi connectivity index (χ2n) is 8.75. The normalized spacial score (nSPS) is 13.2. The van der Waals surface area contributed by atoms with Gasteiger partial charge in [0, 0.05) is 26.7 Å². The number of rotatable bonds is 10. The van der Waals surface area contributed by atoms with E-state index >= 15 is 0 Å². The first kappa shape index (κ1) is 23.8. The first-order chi connectivity index (χ1) is 16.5. The molecule has 0 aliphatic heterocycles. The smallest absolute Gasteiger partial charge is 0.328 e. The molecule has 0 aliphatic rings. The summed E-state index contributed by atoms with van der Waals surface area (Å²) in [7, 11) is 3.48. The zero-order valence-electron chi connectivity index (χ0n) is 20.1. The van der Waals surface area contributed by atoms with Crippen LogP contribution in [-0.4, -0.2) is 20.8 Å². The second kappa shape index (κ2) is 10.7. The topological polar surface area (TPSA) is 68.4 Å². The molecule has 0 spiro atoms. The van der Waals surface area contributed by atoms with Crippen molar-refractivity contribution in [3.63, 3.8) is 0 Å². The fraction of sp³-hybridized carbons (Fsp3) is 0.321. The van der Waals surface area contributed by atoms with Crippen LogP contribution in [0.5, 0.6) is 5.75 Å². The summed E-state index contributed by atoms with van der Waals surface area (Å²) in [6.45, 7) is 3.12. The first-order valence-corrected chi connectivity index (χ1v) is 11.8. The Morgan fingerprint density at radius 3 is 2.32 bits per heavy atom. The number of ether oxygens (including phenoxy) is 1. The van der Waals surface area contributed by atoms with Crippen molar-refractivity contribution in [1.82, 2.24) is 14.5 Å². The van der Waals surface area contributed by atoms with Crippen LogP contribution in [0.4, 0.5) is 0 Å². The van der Waals surface area contributed by atoms with Gasteiger partial charge in [0.2, 0.25) is 0 Å². The third kappa shape index (κ3) is 5.24. The Bertz CT molecular complexity index is 1280. The lowest BCUT2D eigenvalue weighted by atomic mass is 10.0. The number of imidazole rings is 1. The third-order valence-electron chi connectivity index (χ3n) is 6.34. The van der Waals surface area contributed by atoms with Crippen LogP contribution >= 0.6 is 0 Å². The predicted octanol–water partition coefficient (Wildman–Crippen LogP) is 4.62. The second-order valence-corrected chi connectivity index (χ2v) is 8.75. The Labute approximate surface area is 200 Å². The molecule has 4 aromatic rings. The van der Waals surface area contributed by atoms with Crippen LogP contribution < -0.4 is 15.7 Å². The summed E-state index contributed by atoms with van der Waals surface area (Å²) >= 11 is 0. The average molecular weight is 460 g/mol. The largest absolute Gasteiger partial charge is 0.491 e. The molecule has 3 aromatic carbocycles. The lowest BCUT2D eigenvalue weighted by Crippen LogP contribution is -2.20. The average Bonchev–Trinajstić information content (AvgIpc) is 3.09. The molecule has 0 saturated heterocycles. The van der Waals surface area contributed by atoms with Crippen LogP contribution in [0.1, 0.15) is 48.6 Å². The molecule has 4 rings (SSSR count). The molecule has 0 amide bonds. The number of hydrogen-bond acceptors (Lipinski definition) is 4. The fourth-order valence-electron chi connectivity index (χ4n) is 4.31. The molecule has 0 saturated carbocycles. The van der Waals surface area contributed by atoms with Crippen LogP contribution in [0.2, 0.25) is 0 Å². The summed E-state index contributed by atoms with van der Waals surface area (Å²) in [5, 5.41) is 14.3. The lowest BCUT2D eigenvalue weighted by Gasteiger charge is -2.19. The maximum Gasteiger partial charge on any atom is 0.328 e. The molecule has 178 valence electrons. The molecule has 1 aromatic heterocycles. The number of nitrogens with zero attached hydrogens (tertiary/aromatic N) is 2. The van der Waals surface area contributed by atoms with E-state index in [1.54, 1.807) is 23.2 Å². The van der Waals surface area contributed by atoms with Gasteiger partial charge in [0.05, 0.1) is 11.0 Å². The summed E-state index contributed by atoms with van der Waals surface area (Å²) in [6, 6.07) is 24.4. The van der Waals surface area contributed by atoms with Crippen molar-refractivity contribution < 1.29 is 9.84 Å². The zero-order valence-corrected chi connectivity index (χ0v) is 20.1. The van der Waals surface area contributed by atoms with E-state index in [0.717, 1.165) is 36.0 Å². The van der Waals surface area contributed by atoms with Gasteiger partial charge in [-0.2, -0.15) is 0 Å². The summed E-state index contributed by atoms with van der Waals surface area (Å²) in [5.74, 6) is 0.712. The highest BCUT2D eigenvalue weighted by molar-refractivity contribution is 5.77. The molecule has 1 heterocycles. The van der Waals surface area contributed by atoms with Crippen LogP contribution in [-0.2, 0) is 20.6 Å². The predicted molar refractivity (Wildman–Crippen MR) is 136 cm³/mol. The standard InChI is InChI=1S/C28H33N3O3/c1-4-8-24(21-9-6-5-7-10-21)29-18-20-11-14-23(15-12-20)34-19-27(32)22-13-16-25-26(17-22)31(3)28(33)30(25)2/h5-7,9-17,24,27,29,32H,4,8,18-19H2,1-3H3. The van der Waals surface area contributed by atoms with Gasteiger partial charge in [-0.3, -0.25) is 9.13 Å². The van der Waals surface area contributed by atoms with E-state index in [2.05, 4.69) is 48.6 Å². The third-order valence-corrected chi connectivity index (χ3v) is 6.34. The molecule has 0 radical (unpaired) electrons. The van der Waals surface area contributed by atoms with Gasteiger partial charge >= 0.3 is 5.69 Å². The van der Waals surface area contributed by atoms with E-state index in [1.807, 2.05) is 36.4 Å². The molecule has 0 fully saturated rings. The van der Waals surface area contributed by atoms with Crippen LogP contribution in [0.15, 0.2) is 77.6 Å². The highest BCUT2D eigenvalue weighted by atomic mass is 16.5. The highest BCUT2D eigenvalue weighted by Gasteiger charge is 2.14.